The van der Waals surface area contributed by atoms with Crippen molar-refractivity contribution in [3.8, 4) is 0 Å². The van der Waals surface area contributed by atoms with Gasteiger partial charge in [0, 0.05) is 6.54 Å². The molecular formula is C17H23FN2O4. The van der Waals surface area contributed by atoms with Gasteiger partial charge in [0.2, 0.25) is 11.8 Å². The largest absolute Gasteiger partial charge is 0.394 e. The van der Waals surface area contributed by atoms with Crippen LogP contribution in [0.1, 0.15) is 25.3 Å². The van der Waals surface area contributed by atoms with Crippen LogP contribution in [0.25, 0.3) is 0 Å². The fraction of sp³-hybridized carbons (Fsp3) is 0.529. The molecule has 0 radical (unpaired) electrons. The molecule has 1 aliphatic rings. The van der Waals surface area contributed by atoms with Crippen LogP contribution in [0.3, 0.4) is 0 Å². The second kappa shape index (κ2) is 7.72. The number of carbonyl (C=O) groups excluding carboxylic acids is 2. The number of rotatable bonds is 8. The zero-order valence-electron chi connectivity index (χ0n) is 13.6. The molecule has 2 atom stereocenters. The van der Waals surface area contributed by atoms with Crippen LogP contribution in [0.4, 0.5) is 4.39 Å². The van der Waals surface area contributed by atoms with Gasteiger partial charge in [-0.05, 0) is 43.4 Å². The van der Waals surface area contributed by atoms with Crippen LogP contribution in [0.5, 0.6) is 0 Å². The zero-order chi connectivity index (χ0) is 17.7. The van der Waals surface area contributed by atoms with Crippen molar-refractivity contribution in [1.29, 1.82) is 0 Å². The summed E-state index contributed by atoms with van der Waals surface area (Å²) in [7, 11) is 0. The second-order valence-electron chi connectivity index (χ2n) is 6.46. The van der Waals surface area contributed by atoms with Gasteiger partial charge in [0.25, 0.3) is 0 Å². The summed E-state index contributed by atoms with van der Waals surface area (Å²) < 4.78 is 12.8. The van der Waals surface area contributed by atoms with Gasteiger partial charge in [-0.2, -0.15) is 0 Å². The molecule has 0 aliphatic heterocycles. The number of aliphatic hydroxyl groups excluding tert-OH is 1. The van der Waals surface area contributed by atoms with Crippen LogP contribution in [-0.2, 0) is 16.0 Å². The highest BCUT2D eigenvalue weighted by molar-refractivity contribution is 5.88. The number of hydrogen-bond donors (Lipinski definition) is 4. The molecule has 0 heterocycles. The first-order valence-electron chi connectivity index (χ1n) is 7.96. The molecule has 0 aromatic heterocycles. The minimum Gasteiger partial charge on any atom is -0.394 e. The summed E-state index contributed by atoms with van der Waals surface area (Å²) in [6, 6.07) is 4.37. The number of nitrogens with one attached hydrogen (secondary N) is 2. The molecule has 24 heavy (non-hydrogen) atoms. The molecule has 4 N–H and O–H groups in total. The second-order valence-corrected chi connectivity index (χ2v) is 6.46. The summed E-state index contributed by atoms with van der Waals surface area (Å²) in [5.74, 6) is -1.22. The van der Waals surface area contributed by atoms with Gasteiger partial charge in [0.1, 0.15) is 11.9 Å². The van der Waals surface area contributed by atoms with Crippen LogP contribution in [0, 0.1) is 11.7 Å². The smallest absolute Gasteiger partial charge is 0.245 e. The lowest BCUT2D eigenvalue weighted by Gasteiger charge is -2.25. The van der Waals surface area contributed by atoms with Crippen molar-refractivity contribution in [2.75, 3.05) is 13.2 Å². The molecule has 0 saturated heterocycles. The highest BCUT2D eigenvalue weighted by Gasteiger charge is 2.40. The first-order chi connectivity index (χ1) is 11.3. The van der Waals surface area contributed by atoms with Crippen molar-refractivity contribution in [3.63, 3.8) is 0 Å². The Morgan fingerprint density at radius 3 is 2.50 bits per heavy atom. The molecule has 1 fully saturated rings. The Morgan fingerprint density at radius 1 is 1.33 bits per heavy atom. The number of aliphatic hydroxyl groups is 2. The average Bonchev–Trinajstić information content (AvgIpc) is 3.38. The van der Waals surface area contributed by atoms with Crippen LogP contribution < -0.4 is 10.6 Å². The van der Waals surface area contributed by atoms with Crippen molar-refractivity contribution in [3.05, 3.63) is 35.6 Å². The van der Waals surface area contributed by atoms with Crippen molar-refractivity contribution >= 4 is 11.8 Å². The van der Waals surface area contributed by atoms with Gasteiger partial charge in [-0.25, -0.2) is 4.39 Å². The minimum atomic E-state index is -1.09. The molecule has 1 aromatic rings. The fourth-order valence-corrected chi connectivity index (χ4v) is 2.47. The average molecular weight is 338 g/mol. The maximum Gasteiger partial charge on any atom is 0.245 e. The third-order valence-corrected chi connectivity index (χ3v) is 4.19. The standard InChI is InChI=1S/C17H23FN2O4/c1-17(24,12-4-5-12)10-19-16(23)14(9-21)20-15(22)8-11-2-6-13(18)7-3-11/h2-3,6-7,12,14,21,24H,4-5,8-10H2,1H3,(H,19,23)(H,20,22)/t14-,17?/m0/s1. The van der Waals surface area contributed by atoms with Gasteiger partial charge in [0.15, 0.2) is 0 Å². The van der Waals surface area contributed by atoms with Crippen molar-refractivity contribution in [2.24, 2.45) is 5.92 Å². The van der Waals surface area contributed by atoms with E-state index in [4.69, 9.17) is 0 Å². The molecule has 2 amide bonds. The minimum absolute atomic E-state index is 0.0240. The Bertz CT molecular complexity index is 585. The Hall–Kier alpha value is -1.99. The normalized spacial score (nSPS) is 17.7. The van der Waals surface area contributed by atoms with Crippen LogP contribution in [0.15, 0.2) is 24.3 Å². The van der Waals surface area contributed by atoms with Gasteiger partial charge < -0.3 is 20.8 Å². The lowest BCUT2D eigenvalue weighted by atomic mass is 10.0. The summed E-state index contributed by atoms with van der Waals surface area (Å²) in [6.45, 7) is 1.18. The predicted molar refractivity (Wildman–Crippen MR) is 85.5 cm³/mol. The van der Waals surface area contributed by atoms with Gasteiger partial charge >= 0.3 is 0 Å². The first-order valence-corrected chi connectivity index (χ1v) is 7.96. The van der Waals surface area contributed by atoms with E-state index in [2.05, 4.69) is 10.6 Å². The maximum absolute atomic E-state index is 12.8. The molecular weight excluding hydrogens is 315 g/mol. The Balaban J connectivity index is 1.82. The summed E-state index contributed by atoms with van der Waals surface area (Å²) >= 11 is 0. The van der Waals surface area contributed by atoms with Gasteiger partial charge in [-0.1, -0.05) is 12.1 Å². The van der Waals surface area contributed by atoms with Crippen molar-refractivity contribution in [2.45, 2.75) is 37.8 Å². The van der Waals surface area contributed by atoms with Crippen LogP contribution in [0.2, 0.25) is 0 Å². The fourth-order valence-electron chi connectivity index (χ4n) is 2.47. The molecule has 1 aliphatic carbocycles. The van der Waals surface area contributed by atoms with Gasteiger partial charge in [0.05, 0.1) is 18.6 Å². The Morgan fingerprint density at radius 2 is 1.96 bits per heavy atom. The van der Waals surface area contributed by atoms with E-state index < -0.39 is 35.9 Å². The lowest BCUT2D eigenvalue weighted by molar-refractivity contribution is -0.130. The van der Waals surface area contributed by atoms with Crippen molar-refractivity contribution < 1.29 is 24.2 Å². The summed E-state index contributed by atoms with van der Waals surface area (Å²) in [5, 5.41) is 24.5. The summed E-state index contributed by atoms with van der Waals surface area (Å²) in [5.41, 5.74) is -0.379. The van der Waals surface area contributed by atoms with E-state index in [1.807, 2.05) is 0 Å². The molecule has 2 rings (SSSR count). The Labute approximate surface area is 140 Å². The van der Waals surface area contributed by atoms with E-state index in [1.165, 1.54) is 24.3 Å². The van der Waals surface area contributed by atoms with Gasteiger partial charge in [-0.3, -0.25) is 9.59 Å². The summed E-state index contributed by atoms with van der Waals surface area (Å²) in [4.78, 5) is 24.0. The first kappa shape index (κ1) is 18.4. The number of halogens is 1. The van der Waals surface area contributed by atoms with E-state index >= 15 is 0 Å². The molecule has 132 valence electrons. The van der Waals surface area contributed by atoms with Crippen LogP contribution in [-0.4, -0.2) is 46.8 Å². The molecule has 1 saturated carbocycles. The third-order valence-electron chi connectivity index (χ3n) is 4.19. The molecule has 0 spiro atoms. The molecule has 6 nitrogen and oxygen atoms in total. The Kier molecular flexibility index (Phi) is 5.90. The van der Waals surface area contributed by atoms with Crippen LogP contribution >= 0.6 is 0 Å². The molecule has 7 heteroatoms. The van der Waals surface area contributed by atoms with Gasteiger partial charge in [-0.15, -0.1) is 0 Å². The number of hydrogen-bond acceptors (Lipinski definition) is 4. The molecule has 1 aromatic carbocycles. The van der Waals surface area contributed by atoms with E-state index in [0.717, 1.165) is 12.8 Å². The van der Waals surface area contributed by atoms with Crippen molar-refractivity contribution in [1.82, 2.24) is 10.6 Å². The zero-order valence-corrected chi connectivity index (χ0v) is 13.6. The summed E-state index contributed by atoms with van der Waals surface area (Å²) in [6.07, 6.45) is 1.84. The topological polar surface area (TPSA) is 98.7 Å². The quantitative estimate of drug-likeness (QED) is 0.541. The predicted octanol–water partition coefficient (Wildman–Crippen LogP) is 0.123. The van der Waals surface area contributed by atoms with E-state index in [-0.39, 0.29) is 18.9 Å². The molecule has 1 unspecified atom stereocenters. The monoisotopic (exact) mass is 338 g/mol. The third kappa shape index (κ3) is 5.28. The van der Waals surface area contributed by atoms with E-state index in [9.17, 15) is 24.2 Å². The number of carbonyl (C=O) groups is 2. The maximum atomic E-state index is 12.8. The SMILES string of the molecule is CC(O)(CNC(=O)[C@H](CO)NC(=O)Cc1ccc(F)cc1)C1CC1. The highest BCUT2D eigenvalue weighted by atomic mass is 19.1. The highest BCUT2D eigenvalue weighted by Crippen LogP contribution is 2.38. The number of benzene rings is 1. The lowest BCUT2D eigenvalue weighted by Crippen LogP contribution is -2.52. The molecule has 0 bridgehead atoms. The van der Waals surface area contributed by atoms with E-state index in [1.54, 1.807) is 6.92 Å². The van der Waals surface area contributed by atoms with E-state index in [0.29, 0.717) is 5.56 Å². The number of amides is 2.